The lowest BCUT2D eigenvalue weighted by Gasteiger charge is -2.26. The Morgan fingerprint density at radius 2 is 1.86 bits per heavy atom. The van der Waals surface area contributed by atoms with Crippen molar-refractivity contribution in [2.45, 2.75) is 57.6 Å². The summed E-state index contributed by atoms with van der Waals surface area (Å²) in [5.41, 5.74) is 1.16. The quantitative estimate of drug-likeness (QED) is 0.529. The summed E-state index contributed by atoms with van der Waals surface area (Å²) in [5.74, 6) is 2.49. The van der Waals surface area contributed by atoms with Gasteiger partial charge in [-0.3, -0.25) is 4.99 Å². The summed E-state index contributed by atoms with van der Waals surface area (Å²) < 4.78 is 11.7. The van der Waals surface area contributed by atoms with Crippen LogP contribution in [0.3, 0.4) is 0 Å². The number of hydrogen-bond donors (Lipinski definition) is 2. The fraction of sp³-hybridized carbons (Fsp3) is 0.682. The van der Waals surface area contributed by atoms with Gasteiger partial charge in [-0.2, -0.15) is 0 Å². The number of benzene rings is 1. The predicted octanol–water partition coefficient (Wildman–Crippen LogP) is 3.17. The van der Waals surface area contributed by atoms with Crippen molar-refractivity contribution in [1.29, 1.82) is 0 Å². The van der Waals surface area contributed by atoms with Crippen molar-refractivity contribution in [3.63, 3.8) is 0 Å². The molecule has 6 nitrogen and oxygen atoms in total. The predicted molar refractivity (Wildman–Crippen MR) is 114 cm³/mol. The number of aliphatic imine (C=N–C) groups is 1. The lowest BCUT2D eigenvalue weighted by atomic mass is 10.1. The molecule has 1 saturated heterocycles. The van der Waals surface area contributed by atoms with E-state index in [0.29, 0.717) is 12.6 Å². The van der Waals surface area contributed by atoms with Crippen LogP contribution < -0.4 is 20.1 Å². The number of nitrogens with zero attached hydrogens (tertiary/aromatic N) is 2. The van der Waals surface area contributed by atoms with Crippen LogP contribution in [0.15, 0.2) is 23.2 Å². The molecule has 0 bridgehead atoms. The first-order valence-corrected chi connectivity index (χ1v) is 10.8. The molecule has 0 atom stereocenters. The molecule has 0 spiro atoms. The maximum absolute atomic E-state index is 6.20. The topological polar surface area (TPSA) is 58.1 Å². The van der Waals surface area contributed by atoms with Gasteiger partial charge in [-0.25, -0.2) is 0 Å². The first-order valence-electron chi connectivity index (χ1n) is 10.8. The minimum absolute atomic E-state index is 0.321. The SMILES string of the molecule is CN=C(NCCN1CCCCC1)NCc1ccc(OC)c(OC2CCCC2)c1. The Morgan fingerprint density at radius 3 is 2.57 bits per heavy atom. The van der Waals surface area contributed by atoms with Gasteiger partial charge in [0.15, 0.2) is 17.5 Å². The van der Waals surface area contributed by atoms with Gasteiger partial charge < -0.3 is 25.0 Å². The van der Waals surface area contributed by atoms with Gasteiger partial charge in [0.1, 0.15) is 0 Å². The number of nitrogens with one attached hydrogen (secondary N) is 2. The van der Waals surface area contributed by atoms with Gasteiger partial charge in [0.05, 0.1) is 13.2 Å². The maximum atomic E-state index is 6.20. The molecule has 1 aromatic carbocycles. The molecular formula is C22H36N4O2. The molecule has 1 heterocycles. The summed E-state index contributed by atoms with van der Waals surface area (Å²) in [4.78, 5) is 6.87. The number of hydrogen-bond acceptors (Lipinski definition) is 4. The number of ether oxygens (including phenoxy) is 2. The third-order valence-electron chi connectivity index (χ3n) is 5.68. The van der Waals surface area contributed by atoms with Gasteiger partial charge in [0.25, 0.3) is 0 Å². The van der Waals surface area contributed by atoms with Crippen LogP contribution in [0.2, 0.25) is 0 Å². The van der Waals surface area contributed by atoms with Gasteiger partial charge >= 0.3 is 0 Å². The standard InChI is InChI=1S/C22H36N4O2/c1-23-22(24-12-15-26-13-6-3-7-14-26)25-17-18-10-11-20(27-2)21(16-18)28-19-8-4-5-9-19/h10-11,16,19H,3-9,12-15,17H2,1-2H3,(H2,23,24,25). The summed E-state index contributed by atoms with van der Waals surface area (Å²) in [7, 11) is 3.52. The number of likely N-dealkylation sites (tertiary alicyclic amines) is 1. The van der Waals surface area contributed by atoms with Gasteiger partial charge in [-0.1, -0.05) is 12.5 Å². The van der Waals surface area contributed by atoms with Crippen LogP contribution in [0.1, 0.15) is 50.5 Å². The zero-order valence-corrected chi connectivity index (χ0v) is 17.5. The summed E-state index contributed by atoms with van der Waals surface area (Å²) in [5, 5.41) is 6.83. The number of piperidine rings is 1. The second-order valence-corrected chi connectivity index (χ2v) is 7.76. The van der Waals surface area contributed by atoms with Gasteiger partial charge in [0.2, 0.25) is 0 Å². The van der Waals surface area contributed by atoms with Gasteiger partial charge in [-0.05, 0) is 69.3 Å². The lowest BCUT2D eigenvalue weighted by molar-refractivity contribution is 0.200. The van der Waals surface area contributed by atoms with Crippen molar-refractivity contribution in [1.82, 2.24) is 15.5 Å². The van der Waals surface area contributed by atoms with E-state index in [-0.39, 0.29) is 0 Å². The highest BCUT2D eigenvalue weighted by atomic mass is 16.5. The summed E-state index contributed by atoms with van der Waals surface area (Å²) in [6.45, 7) is 5.14. The van der Waals surface area contributed by atoms with Crippen LogP contribution in [0.4, 0.5) is 0 Å². The Labute approximate surface area is 169 Å². The van der Waals surface area contributed by atoms with Crippen molar-refractivity contribution < 1.29 is 9.47 Å². The van der Waals surface area contributed by atoms with E-state index in [2.05, 4.69) is 32.7 Å². The van der Waals surface area contributed by atoms with E-state index in [4.69, 9.17) is 9.47 Å². The molecule has 2 fully saturated rings. The van der Waals surface area contributed by atoms with E-state index in [1.807, 2.05) is 13.1 Å². The molecule has 1 aliphatic carbocycles. The van der Waals surface area contributed by atoms with Crippen molar-refractivity contribution in [2.75, 3.05) is 40.3 Å². The third-order valence-corrected chi connectivity index (χ3v) is 5.68. The Bertz CT molecular complexity index is 623. The highest BCUT2D eigenvalue weighted by Crippen LogP contribution is 2.32. The summed E-state index contributed by atoms with van der Waals surface area (Å²) in [6, 6.07) is 6.16. The van der Waals surface area contributed by atoms with Crippen LogP contribution in [-0.4, -0.2) is 57.3 Å². The summed E-state index contributed by atoms with van der Waals surface area (Å²) >= 11 is 0. The van der Waals surface area contributed by atoms with Crippen molar-refractivity contribution in [2.24, 2.45) is 4.99 Å². The first-order chi connectivity index (χ1) is 13.8. The van der Waals surface area contributed by atoms with Crippen LogP contribution in [0.25, 0.3) is 0 Å². The third kappa shape index (κ3) is 6.30. The van der Waals surface area contributed by atoms with E-state index in [1.165, 1.54) is 45.2 Å². The van der Waals surface area contributed by atoms with Gasteiger partial charge in [0, 0.05) is 26.7 Å². The lowest BCUT2D eigenvalue weighted by Crippen LogP contribution is -2.42. The van der Waals surface area contributed by atoms with E-state index < -0.39 is 0 Å². The van der Waals surface area contributed by atoms with E-state index >= 15 is 0 Å². The zero-order valence-electron chi connectivity index (χ0n) is 17.5. The second kappa shape index (κ2) is 11.1. The average Bonchev–Trinajstić information content (AvgIpc) is 3.24. The Kier molecular flexibility index (Phi) is 8.27. The van der Waals surface area contributed by atoms with E-state index in [1.54, 1.807) is 7.11 Å². The average molecular weight is 389 g/mol. The molecular weight excluding hydrogens is 352 g/mol. The molecule has 28 heavy (non-hydrogen) atoms. The van der Waals surface area contributed by atoms with E-state index in [9.17, 15) is 0 Å². The van der Waals surface area contributed by atoms with Crippen LogP contribution >= 0.6 is 0 Å². The van der Waals surface area contributed by atoms with E-state index in [0.717, 1.165) is 49.0 Å². The molecule has 1 saturated carbocycles. The van der Waals surface area contributed by atoms with Crippen LogP contribution in [-0.2, 0) is 6.54 Å². The van der Waals surface area contributed by atoms with Crippen molar-refractivity contribution in [3.05, 3.63) is 23.8 Å². The van der Waals surface area contributed by atoms with Crippen LogP contribution in [0.5, 0.6) is 11.5 Å². The van der Waals surface area contributed by atoms with Crippen LogP contribution in [0, 0.1) is 0 Å². The Morgan fingerprint density at radius 1 is 1.07 bits per heavy atom. The highest BCUT2D eigenvalue weighted by molar-refractivity contribution is 5.79. The number of guanidine groups is 1. The van der Waals surface area contributed by atoms with Gasteiger partial charge in [-0.15, -0.1) is 0 Å². The number of methoxy groups -OCH3 is 1. The number of rotatable bonds is 8. The molecule has 156 valence electrons. The molecule has 2 aliphatic rings. The molecule has 1 aliphatic heterocycles. The second-order valence-electron chi connectivity index (χ2n) is 7.76. The molecule has 2 N–H and O–H groups in total. The summed E-state index contributed by atoms with van der Waals surface area (Å²) in [6.07, 6.45) is 9.15. The molecule has 1 aromatic rings. The maximum Gasteiger partial charge on any atom is 0.191 e. The molecule has 6 heteroatoms. The normalized spacial score (nSPS) is 18.9. The highest BCUT2D eigenvalue weighted by Gasteiger charge is 2.18. The van der Waals surface area contributed by atoms with Crippen molar-refractivity contribution >= 4 is 5.96 Å². The molecule has 0 amide bonds. The molecule has 0 aromatic heterocycles. The smallest absolute Gasteiger partial charge is 0.191 e. The fourth-order valence-electron chi connectivity index (χ4n) is 4.03. The zero-order chi connectivity index (χ0) is 19.6. The minimum Gasteiger partial charge on any atom is -0.493 e. The van der Waals surface area contributed by atoms with Crippen molar-refractivity contribution in [3.8, 4) is 11.5 Å². The Balaban J connectivity index is 1.47. The molecule has 0 radical (unpaired) electrons. The Hall–Kier alpha value is -1.95. The minimum atomic E-state index is 0.321. The fourth-order valence-corrected chi connectivity index (χ4v) is 4.03. The molecule has 0 unspecified atom stereocenters. The largest absolute Gasteiger partial charge is 0.493 e. The molecule has 3 rings (SSSR count). The first kappa shape index (κ1) is 20.8. The monoisotopic (exact) mass is 388 g/mol.